The molecule has 1 amide bonds. The molecule has 6 heteroatoms. The maximum atomic E-state index is 12.3. The normalized spacial score (nSPS) is 16.1. The lowest BCUT2D eigenvalue weighted by Crippen LogP contribution is -2.31. The zero-order chi connectivity index (χ0) is 17.8. The standard InChI is InChI=1S/C20H20N4O2/c25-19(7-6-15-3-2-12-26-15)23-17-4-1-5-18-16(17)13-22-20(24-18)14-8-10-21-11-9-14/h2-3,8-13,17H,1,4-7H2,(H,23,25). The number of nitrogens with one attached hydrogen (secondary N) is 1. The summed E-state index contributed by atoms with van der Waals surface area (Å²) in [5, 5.41) is 3.13. The molecule has 3 aromatic heterocycles. The molecule has 3 aromatic rings. The van der Waals surface area contributed by atoms with Crippen LogP contribution in [0.2, 0.25) is 0 Å². The van der Waals surface area contributed by atoms with Gasteiger partial charge in [-0.15, -0.1) is 0 Å². The summed E-state index contributed by atoms with van der Waals surface area (Å²) in [6.45, 7) is 0. The number of pyridine rings is 1. The number of hydrogen-bond donors (Lipinski definition) is 1. The van der Waals surface area contributed by atoms with E-state index in [0.29, 0.717) is 18.7 Å². The van der Waals surface area contributed by atoms with Crippen molar-refractivity contribution in [2.75, 3.05) is 0 Å². The van der Waals surface area contributed by atoms with Gasteiger partial charge in [-0.3, -0.25) is 9.78 Å². The smallest absolute Gasteiger partial charge is 0.220 e. The number of aromatic nitrogens is 3. The first-order chi connectivity index (χ1) is 12.8. The molecule has 0 aliphatic heterocycles. The molecule has 0 radical (unpaired) electrons. The number of rotatable bonds is 5. The summed E-state index contributed by atoms with van der Waals surface area (Å²) in [7, 11) is 0. The molecule has 1 unspecified atom stereocenters. The topological polar surface area (TPSA) is 80.9 Å². The Hall–Kier alpha value is -3.02. The Morgan fingerprint density at radius 2 is 2.15 bits per heavy atom. The Morgan fingerprint density at radius 3 is 2.96 bits per heavy atom. The fourth-order valence-corrected chi connectivity index (χ4v) is 3.29. The summed E-state index contributed by atoms with van der Waals surface area (Å²) in [4.78, 5) is 25.6. The Balaban J connectivity index is 1.46. The van der Waals surface area contributed by atoms with Crippen molar-refractivity contribution in [3.8, 4) is 11.4 Å². The molecule has 26 heavy (non-hydrogen) atoms. The van der Waals surface area contributed by atoms with Crippen molar-refractivity contribution in [2.24, 2.45) is 0 Å². The van der Waals surface area contributed by atoms with Gasteiger partial charge in [0.15, 0.2) is 5.82 Å². The highest BCUT2D eigenvalue weighted by Gasteiger charge is 2.24. The second-order valence-corrected chi connectivity index (χ2v) is 6.42. The zero-order valence-electron chi connectivity index (χ0n) is 14.4. The van der Waals surface area contributed by atoms with Crippen molar-refractivity contribution in [1.29, 1.82) is 0 Å². The maximum absolute atomic E-state index is 12.3. The van der Waals surface area contributed by atoms with E-state index in [9.17, 15) is 4.79 Å². The molecule has 4 rings (SSSR count). The Kier molecular flexibility index (Phi) is 4.73. The van der Waals surface area contributed by atoms with Gasteiger partial charge in [0.25, 0.3) is 0 Å². The molecule has 3 heterocycles. The molecule has 0 spiro atoms. The summed E-state index contributed by atoms with van der Waals surface area (Å²) < 4.78 is 5.28. The largest absolute Gasteiger partial charge is 0.469 e. The van der Waals surface area contributed by atoms with Crippen LogP contribution < -0.4 is 5.32 Å². The molecule has 0 bridgehead atoms. The van der Waals surface area contributed by atoms with Crippen LogP contribution in [0, 0.1) is 0 Å². The number of fused-ring (bicyclic) bond motifs is 1. The lowest BCUT2D eigenvalue weighted by Gasteiger charge is -2.25. The lowest BCUT2D eigenvalue weighted by atomic mass is 9.92. The van der Waals surface area contributed by atoms with Gasteiger partial charge in [0.05, 0.1) is 12.3 Å². The van der Waals surface area contributed by atoms with Crippen LogP contribution >= 0.6 is 0 Å². The van der Waals surface area contributed by atoms with Crippen LogP contribution in [-0.2, 0) is 17.6 Å². The van der Waals surface area contributed by atoms with E-state index in [4.69, 9.17) is 9.40 Å². The highest BCUT2D eigenvalue weighted by molar-refractivity contribution is 5.76. The van der Waals surface area contributed by atoms with E-state index >= 15 is 0 Å². The minimum Gasteiger partial charge on any atom is -0.469 e. The fraction of sp³-hybridized carbons (Fsp3) is 0.300. The van der Waals surface area contributed by atoms with Gasteiger partial charge in [0, 0.05) is 48.3 Å². The van der Waals surface area contributed by atoms with Crippen LogP contribution in [0.1, 0.15) is 42.3 Å². The van der Waals surface area contributed by atoms with Crippen LogP contribution in [0.3, 0.4) is 0 Å². The van der Waals surface area contributed by atoms with E-state index in [-0.39, 0.29) is 11.9 Å². The van der Waals surface area contributed by atoms with Crippen molar-refractivity contribution >= 4 is 5.91 Å². The second kappa shape index (κ2) is 7.47. The van der Waals surface area contributed by atoms with Gasteiger partial charge in [-0.05, 0) is 43.5 Å². The molecular weight excluding hydrogens is 328 g/mol. The average Bonchev–Trinajstić information content (AvgIpc) is 3.21. The monoisotopic (exact) mass is 348 g/mol. The van der Waals surface area contributed by atoms with Crippen LogP contribution in [0.5, 0.6) is 0 Å². The minimum atomic E-state index is -0.0191. The first kappa shape index (κ1) is 16.4. The fourth-order valence-electron chi connectivity index (χ4n) is 3.29. The molecule has 1 aliphatic rings. The Labute approximate surface area is 151 Å². The van der Waals surface area contributed by atoms with Crippen molar-refractivity contribution in [3.05, 3.63) is 66.1 Å². The third-order valence-electron chi connectivity index (χ3n) is 4.63. The molecule has 6 nitrogen and oxygen atoms in total. The maximum Gasteiger partial charge on any atom is 0.220 e. The second-order valence-electron chi connectivity index (χ2n) is 6.42. The first-order valence-electron chi connectivity index (χ1n) is 8.87. The van der Waals surface area contributed by atoms with E-state index in [0.717, 1.165) is 41.8 Å². The Morgan fingerprint density at radius 1 is 1.27 bits per heavy atom. The number of aryl methyl sites for hydroxylation is 2. The molecule has 1 aliphatic carbocycles. The molecule has 0 fully saturated rings. The van der Waals surface area contributed by atoms with Crippen LogP contribution in [-0.4, -0.2) is 20.9 Å². The van der Waals surface area contributed by atoms with Gasteiger partial charge < -0.3 is 9.73 Å². The van der Waals surface area contributed by atoms with E-state index in [1.54, 1.807) is 18.7 Å². The third kappa shape index (κ3) is 3.64. The highest BCUT2D eigenvalue weighted by Crippen LogP contribution is 2.29. The molecule has 1 atom stereocenters. The number of amides is 1. The van der Waals surface area contributed by atoms with E-state index in [1.165, 1.54) is 0 Å². The summed E-state index contributed by atoms with van der Waals surface area (Å²) >= 11 is 0. The van der Waals surface area contributed by atoms with Gasteiger partial charge in [0.1, 0.15) is 5.76 Å². The van der Waals surface area contributed by atoms with E-state index < -0.39 is 0 Å². The van der Waals surface area contributed by atoms with Gasteiger partial charge in [-0.2, -0.15) is 0 Å². The predicted molar refractivity (Wildman–Crippen MR) is 96.1 cm³/mol. The predicted octanol–water partition coefficient (Wildman–Crippen LogP) is 3.26. The molecule has 0 saturated heterocycles. The van der Waals surface area contributed by atoms with E-state index in [1.807, 2.05) is 30.5 Å². The van der Waals surface area contributed by atoms with Crippen molar-refractivity contribution in [1.82, 2.24) is 20.3 Å². The number of carbonyl (C=O) groups is 1. The van der Waals surface area contributed by atoms with Crippen molar-refractivity contribution in [2.45, 2.75) is 38.1 Å². The first-order valence-corrected chi connectivity index (χ1v) is 8.87. The third-order valence-corrected chi connectivity index (χ3v) is 4.63. The van der Waals surface area contributed by atoms with Gasteiger partial charge in [-0.1, -0.05) is 0 Å². The number of furan rings is 1. The molecule has 1 N–H and O–H groups in total. The van der Waals surface area contributed by atoms with Crippen LogP contribution in [0.25, 0.3) is 11.4 Å². The molecule has 0 saturated carbocycles. The minimum absolute atomic E-state index is 0.0191. The molecular formula is C20H20N4O2. The van der Waals surface area contributed by atoms with Gasteiger partial charge in [0.2, 0.25) is 5.91 Å². The summed E-state index contributed by atoms with van der Waals surface area (Å²) in [5.74, 6) is 1.56. The van der Waals surface area contributed by atoms with Crippen molar-refractivity contribution < 1.29 is 9.21 Å². The lowest BCUT2D eigenvalue weighted by molar-refractivity contribution is -0.122. The van der Waals surface area contributed by atoms with Crippen molar-refractivity contribution in [3.63, 3.8) is 0 Å². The quantitative estimate of drug-likeness (QED) is 0.765. The molecule has 132 valence electrons. The zero-order valence-corrected chi connectivity index (χ0v) is 14.4. The number of carbonyl (C=O) groups excluding carboxylic acids is 1. The Bertz CT molecular complexity index is 878. The van der Waals surface area contributed by atoms with E-state index in [2.05, 4.69) is 15.3 Å². The van der Waals surface area contributed by atoms with Crippen LogP contribution in [0.15, 0.2) is 53.5 Å². The summed E-state index contributed by atoms with van der Waals surface area (Å²) in [6.07, 6.45) is 10.8. The summed E-state index contributed by atoms with van der Waals surface area (Å²) in [6, 6.07) is 7.51. The number of hydrogen-bond acceptors (Lipinski definition) is 5. The average molecular weight is 348 g/mol. The molecule has 0 aromatic carbocycles. The SMILES string of the molecule is O=C(CCc1ccco1)NC1CCCc2nc(-c3ccncc3)ncc21. The highest BCUT2D eigenvalue weighted by atomic mass is 16.3. The number of nitrogens with zero attached hydrogens (tertiary/aromatic N) is 3. The van der Waals surface area contributed by atoms with Crippen LogP contribution in [0.4, 0.5) is 0 Å². The summed E-state index contributed by atoms with van der Waals surface area (Å²) in [5.41, 5.74) is 3.00. The van der Waals surface area contributed by atoms with Gasteiger partial charge in [-0.25, -0.2) is 9.97 Å². The van der Waals surface area contributed by atoms with Gasteiger partial charge >= 0.3 is 0 Å².